The Balaban J connectivity index is 1.21. The van der Waals surface area contributed by atoms with Gasteiger partial charge in [-0.1, -0.05) is 12.1 Å². The Morgan fingerprint density at radius 1 is 0.956 bits per heavy atom. The smallest absolute Gasteiger partial charge is 0.319 e. The van der Waals surface area contributed by atoms with Crippen LogP contribution in [-0.2, 0) is 16.1 Å². The van der Waals surface area contributed by atoms with Crippen LogP contribution >= 0.6 is 0 Å². The van der Waals surface area contributed by atoms with Crippen LogP contribution < -0.4 is 24.8 Å². The molecule has 4 bridgehead atoms. The highest BCUT2D eigenvalue weighted by atomic mass is 16.5. The van der Waals surface area contributed by atoms with Crippen molar-refractivity contribution in [3.63, 3.8) is 0 Å². The summed E-state index contributed by atoms with van der Waals surface area (Å²) in [6.45, 7) is 2.33. The van der Waals surface area contributed by atoms with Crippen molar-refractivity contribution in [1.29, 1.82) is 0 Å². The van der Waals surface area contributed by atoms with E-state index in [9.17, 15) is 19.2 Å². The largest absolute Gasteiger partial charge is 0.493 e. The van der Waals surface area contributed by atoms with Crippen LogP contribution in [0.2, 0.25) is 0 Å². The number of ether oxygens (including phenoxy) is 3. The number of fused-ring (bicyclic) bond motifs is 7. The summed E-state index contributed by atoms with van der Waals surface area (Å²) in [4.78, 5) is 57.4. The lowest BCUT2D eigenvalue weighted by molar-refractivity contribution is -0.136. The van der Waals surface area contributed by atoms with E-state index in [1.165, 1.54) is 0 Å². The first-order chi connectivity index (χ1) is 21.7. The number of amides is 5. The summed E-state index contributed by atoms with van der Waals surface area (Å²) < 4.78 is 18.1. The lowest BCUT2D eigenvalue weighted by atomic mass is 9.95. The van der Waals surface area contributed by atoms with Gasteiger partial charge in [0.25, 0.3) is 11.8 Å². The monoisotopic (exact) mass is 619 g/mol. The van der Waals surface area contributed by atoms with Gasteiger partial charge in [-0.15, -0.1) is 0 Å². The molecule has 0 radical (unpaired) electrons. The topological polar surface area (TPSA) is 130 Å². The number of urea groups is 1. The van der Waals surface area contributed by atoms with E-state index < -0.39 is 12.1 Å². The highest BCUT2D eigenvalue weighted by molar-refractivity contribution is 5.95. The fraction of sp³-hybridized carbons (Fsp3) is 0.515. The molecule has 3 fully saturated rings. The molecule has 45 heavy (non-hydrogen) atoms. The zero-order valence-corrected chi connectivity index (χ0v) is 25.8. The Morgan fingerprint density at radius 3 is 2.42 bits per heavy atom. The molecule has 4 aliphatic heterocycles. The summed E-state index contributed by atoms with van der Waals surface area (Å²) in [6.07, 6.45) is 2.94. The normalized spacial score (nSPS) is 22.4. The number of likely N-dealkylation sites (tertiary alicyclic amines) is 2. The van der Waals surface area contributed by atoms with E-state index in [2.05, 4.69) is 10.6 Å². The first-order valence-corrected chi connectivity index (χ1v) is 15.7. The van der Waals surface area contributed by atoms with Gasteiger partial charge in [0.1, 0.15) is 23.4 Å². The van der Waals surface area contributed by atoms with Gasteiger partial charge in [0.05, 0.1) is 19.2 Å². The van der Waals surface area contributed by atoms with E-state index in [1.54, 1.807) is 47.0 Å². The second-order valence-corrected chi connectivity index (χ2v) is 12.6. The Hall–Kier alpha value is -4.48. The molecule has 240 valence electrons. The van der Waals surface area contributed by atoms with Gasteiger partial charge in [0.2, 0.25) is 5.91 Å². The van der Waals surface area contributed by atoms with Gasteiger partial charge in [0, 0.05) is 57.8 Å². The lowest BCUT2D eigenvalue weighted by Gasteiger charge is -2.34. The fourth-order valence-electron chi connectivity index (χ4n) is 5.95. The van der Waals surface area contributed by atoms with Gasteiger partial charge in [-0.3, -0.25) is 14.4 Å². The van der Waals surface area contributed by atoms with Crippen LogP contribution in [0.25, 0.3) is 0 Å². The summed E-state index contributed by atoms with van der Waals surface area (Å²) in [5.41, 5.74) is 1.22. The van der Waals surface area contributed by atoms with Gasteiger partial charge in [-0.2, -0.15) is 0 Å². The number of hydrogen-bond donors (Lipinski definition) is 2. The standard InChI is InChI=1S/C33H41N5O7/c1-36(2)33(42)37-11-9-23(10-12-37)32(41)38-17-28-29(18-38)45-25-7-5-21(6-8-25)16-34-30(39)20-44-27-14-24(31(40)35-28)13-26(15-27)43-19-22-3-4-22/h5-8,13-15,22-23,28-29H,3-4,9-12,16-20H2,1-2H3,(H,34,39)(H,35,40)/t28-,29-/m0/s1. The molecule has 2 aromatic carbocycles. The van der Waals surface area contributed by atoms with Gasteiger partial charge >= 0.3 is 6.03 Å². The Bertz CT molecular complexity index is 1420. The van der Waals surface area contributed by atoms with E-state index in [-0.39, 0.29) is 36.3 Å². The Kier molecular flexibility index (Phi) is 8.99. The molecule has 4 heterocycles. The molecule has 2 saturated heterocycles. The molecule has 2 aromatic rings. The van der Waals surface area contributed by atoms with Crippen LogP contribution in [0.3, 0.4) is 0 Å². The van der Waals surface area contributed by atoms with Gasteiger partial charge in [-0.05, 0) is 61.4 Å². The van der Waals surface area contributed by atoms with Crippen molar-refractivity contribution in [2.24, 2.45) is 11.8 Å². The molecular weight excluding hydrogens is 578 g/mol. The molecule has 2 atom stereocenters. The quantitative estimate of drug-likeness (QED) is 0.537. The average Bonchev–Trinajstić information content (AvgIpc) is 3.81. The molecule has 0 unspecified atom stereocenters. The molecule has 12 nitrogen and oxygen atoms in total. The van der Waals surface area contributed by atoms with E-state index in [0.717, 1.165) is 18.4 Å². The minimum Gasteiger partial charge on any atom is -0.493 e. The summed E-state index contributed by atoms with van der Waals surface area (Å²) in [6, 6.07) is 11.8. The van der Waals surface area contributed by atoms with Gasteiger partial charge in [-0.25, -0.2) is 4.79 Å². The molecule has 5 aliphatic rings. The van der Waals surface area contributed by atoms with Crippen LogP contribution in [0.1, 0.15) is 41.6 Å². The highest BCUT2D eigenvalue weighted by Crippen LogP contribution is 2.31. The first-order valence-electron chi connectivity index (χ1n) is 15.7. The van der Waals surface area contributed by atoms with Crippen molar-refractivity contribution in [3.05, 3.63) is 53.6 Å². The molecule has 5 amide bonds. The van der Waals surface area contributed by atoms with E-state index in [0.29, 0.717) is 80.9 Å². The van der Waals surface area contributed by atoms with Crippen LogP contribution in [0.5, 0.6) is 17.2 Å². The molecule has 7 rings (SSSR count). The summed E-state index contributed by atoms with van der Waals surface area (Å²) in [7, 11) is 3.45. The maximum absolute atomic E-state index is 13.7. The summed E-state index contributed by atoms with van der Waals surface area (Å²) in [5, 5.41) is 5.95. The summed E-state index contributed by atoms with van der Waals surface area (Å²) >= 11 is 0. The second kappa shape index (κ2) is 13.3. The molecule has 0 spiro atoms. The second-order valence-electron chi connectivity index (χ2n) is 12.6. The summed E-state index contributed by atoms with van der Waals surface area (Å²) in [5.74, 6) is 1.13. The Labute approximate surface area is 262 Å². The zero-order chi connectivity index (χ0) is 31.5. The lowest BCUT2D eigenvalue weighted by Crippen LogP contribution is -2.47. The van der Waals surface area contributed by atoms with Crippen molar-refractivity contribution in [1.82, 2.24) is 25.3 Å². The molecule has 1 aliphatic carbocycles. The van der Waals surface area contributed by atoms with Crippen LogP contribution in [0.4, 0.5) is 4.79 Å². The van der Waals surface area contributed by atoms with Crippen LogP contribution in [0.15, 0.2) is 42.5 Å². The number of carbonyl (C=O) groups excluding carboxylic acids is 4. The third-order valence-electron chi connectivity index (χ3n) is 8.79. The number of carbonyl (C=O) groups is 4. The third-order valence-corrected chi connectivity index (χ3v) is 8.79. The van der Waals surface area contributed by atoms with Crippen molar-refractivity contribution >= 4 is 23.8 Å². The van der Waals surface area contributed by atoms with Crippen molar-refractivity contribution in [2.45, 2.75) is 44.4 Å². The number of rotatable bonds is 4. The van der Waals surface area contributed by atoms with Crippen molar-refractivity contribution in [3.8, 4) is 17.2 Å². The minimum atomic E-state index is -0.487. The van der Waals surface area contributed by atoms with E-state index in [4.69, 9.17) is 14.2 Å². The van der Waals surface area contributed by atoms with Gasteiger partial charge in [0.15, 0.2) is 6.61 Å². The van der Waals surface area contributed by atoms with Crippen LogP contribution in [0, 0.1) is 11.8 Å². The van der Waals surface area contributed by atoms with E-state index in [1.807, 2.05) is 24.3 Å². The molecule has 1 saturated carbocycles. The number of nitrogens with one attached hydrogen (secondary N) is 2. The van der Waals surface area contributed by atoms with Gasteiger partial charge < -0.3 is 39.5 Å². The van der Waals surface area contributed by atoms with E-state index >= 15 is 0 Å². The number of benzene rings is 2. The van der Waals surface area contributed by atoms with Crippen molar-refractivity contribution < 1.29 is 33.4 Å². The number of nitrogens with zero attached hydrogens (tertiary/aromatic N) is 3. The molecule has 12 heteroatoms. The average molecular weight is 620 g/mol. The maximum atomic E-state index is 13.7. The van der Waals surface area contributed by atoms with Crippen molar-refractivity contribution in [2.75, 3.05) is 53.5 Å². The molecular formula is C33H41N5O7. The maximum Gasteiger partial charge on any atom is 0.319 e. The predicted octanol–water partition coefficient (Wildman–Crippen LogP) is 2.27. The SMILES string of the molecule is CN(C)C(=O)N1CCC(C(=O)N2C[C@@H]3NC(=O)c4cc(cc(OCC5CC5)c4)OCC(=O)NCc4ccc(cc4)O[C@H]3C2)CC1. The fourth-order valence-corrected chi connectivity index (χ4v) is 5.95. The first kappa shape index (κ1) is 30.5. The predicted molar refractivity (Wildman–Crippen MR) is 164 cm³/mol. The molecule has 2 N–H and O–H groups in total. The zero-order valence-electron chi connectivity index (χ0n) is 25.8. The number of piperidine rings is 1. The highest BCUT2D eigenvalue weighted by Gasteiger charge is 2.41. The van der Waals surface area contributed by atoms with Crippen LogP contribution in [-0.4, -0.2) is 104 Å². The number of hydrogen-bond acceptors (Lipinski definition) is 7. The minimum absolute atomic E-state index is 0.0108. The Morgan fingerprint density at radius 2 is 1.71 bits per heavy atom. The third kappa shape index (κ3) is 7.61. The molecule has 0 aromatic heterocycles.